The summed E-state index contributed by atoms with van der Waals surface area (Å²) >= 11 is 6.01. The van der Waals surface area contributed by atoms with E-state index in [1.54, 1.807) is 42.6 Å². The molecule has 0 saturated carbocycles. The smallest absolute Gasteiger partial charge is 0.265 e. The summed E-state index contributed by atoms with van der Waals surface area (Å²) in [5.41, 5.74) is 0.775. The monoisotopic (exact) mass is 367 g/mol. The van der Waals surface area contributed by atoms with Gasteiger partial charge in [0, 0.05) is 11.2 Å². The highest BCUT2D eigenvalue weighted by atomic mass is 35.5. The molecule has 4 aromatic rings. The lowest BCUT2D eigenvalue weighted by molar-refractivity contribution is 0.0949. The van der Waals surface area contributed by atoms with Gasteiger partial charge in [0.1, 0.15) is 11.5 Å². The van der Waals surface area contributed by atoms with E-state index in [0.717, 1.165) is 5.76 Å². The van der Waals surface area contributed by atoms with Gasteiger partial charge in [-0.1, -0.05) is 11.6 Å². The number of pyridine rings is 1. The van der Waals surface area contributed by atoms with Crippen LogP contribution in [-0.2, 0) is 6.54 Å². The summed E-state index contributed by atoms with van der Waals surface area (Å²) in [6, 6.07) is 11.8. The first-order chi connectivity index (χ1) is 12.5. The van der Waals surface area contributed by atoms with Crippen LogP contribution in [0.4, 0.5) is 0 Å². The van der Waals surface area contributed by atoms with Crippen molar-refractivity contribution in [2.45, 2.75) is 13.5 Å². The molecule has 0 atom stereocenters. The Labute approximate surface area is 153 Å². The lowest BCUT2D eigenvalue weighted by Gasteiger charge is -2.09. The molecule has 4 rings (SSSR count). The van der Waals surface area contributed by atoms with E-state index in [4.69, 9.17) is 16.0 Å². The molecule has 3 aromatic heterocycles. The minimum atomic E-state index is -0.342. The first-order valence-electron chi connectivity index (χ1n) is 7.97. The van der Waals surface area contributed by atoms with Gasteiger partial charge in [0.15, 0.2) is 5.65 Å². The number of carbonyl (C=O) groups is 1. The maximum absolute atomic E-state index is 12.7. The third-order valence-corrected chi connectivity index (χ3v) is 4.30. The summed E-state index contributed by atoms with van der Waals surface area (Å²) in [6.45, 7) is 2.08. The molecule has 0 aliphatic rings. The molecule has 0 radical (unpaired) electrons. The second kappa shape index (κ2) is 6.31. The second-order valence-corrected chi connectivity index (χ2v) is 6.33. The second-order valence-electron chi connectivity index (χ2n) is 5.89. The Balaban J connectivity index is 1.78. The van der Waals surface area contributed by atoms with Crippen molar-refractivity contribution in [3.05, 3.63) is 81.1 Å². The highest BCUT2D eigenvalue weighted by molar-refractivity contribution is 6.31. The average molecular weight is 368 g/mol. The summed E-state index contributed by atoms with van der Waals surface area (Å²) in [7, 11) is 0. The summed E-state index contributed by atoms with van der Waals surface area (Å²) in [6.07, 6.45) is 1.59. The van der Waals surface area contributed by atoms with Crippen LogP contribution in [0.15, 0.2) is 57.9 Å². The number of nitrogens with zero attached hydrogens (tertiary/aromatic N) is 2. The van der Waals surface area contributed by atoms with Crippen molar-refractivity contribution in [2.75, 3.05) is 0 Å². The molecule has 1 aromatic carbocycles. The van der Waals surface area contributed by atoms with Crippen LogP contribution < -0.4 is 10.9 Å². The molecule has 26 heavy (non-hydrogen) atoms. The van der Waals surface area contributed by atoms with Gasteiger partial charge in [-0.05, 0) is 49.4 Å². The molecule has 3 heterocycles. The predicted molar refractivity (Wildman–Crippen MR) is 98.6 cm³/mol. The highest BCUT2D eigenvalue weighted by Gasteiger charge is 2.15. The van der Waals surface area contributed by atoms with Gasteiger partial charge in [0.2, 0.25) is 0 Å². The largest absolute Gasteiger partial charge is 0.465 e. The van der Waals surface area contributed by atoms with Gasteiger partial charge < -0.3 is 9.73 Å². The minimum Gasteiger partial charge on any atom is -0.465 e. The topological polar surface area (TPSA) is 76.6 Å². The molecular formula is C19H14ClN3O3. The number of aromatic nitrogens is 2. The molecule has 6 nitrogen and oxygen atoms in total. The number of hydrogen-bond donors (Lipinski definition) is 1. The van der Waals surface area contributed by atoms with E-state index in [-0.39, 0.29) is 23.7 Å². The minimum absolute atomic E-state index is 0.247. The fraction of sp³-hybridized carbons (Fsp3) is 0.105. The van der Waals surface area contributed by atoms with Crippen LogP contribution in [0.2, 0.25) is 5.02 Å². The summed E-state index contributed by atoms with van der Waals surface area (Å²) in [5, 5.41) is 3.70. The van der Waals surface area contributed by atoms with Crippen LogP contribution in [0, 0.1) is 6.92 Å². The third kappa shape index (κ3) is 2.84. The molecule has 0 bridgehead atoms. The highest BCUT2D eigenvalue weighted by Crippen LogP contribution is 2.17. The number of hydrogen-bond acceptors (Lipinski definition) is 4. The van der Waals surface area contributed by atoms with Crippen molar-refractivity contribution in [1.29, 1.82) is 0 Å². The Morgan fingerprint density at radius 3 is 2.88 bits per heavy atom. The van der Waals surface area contributed by atoms with Crippen molar-refractivity contribution in [3.63, 3.8) is 0 Å². The van der Waals surface area contributed by atoms with E-state index in [0.29, 0.717) is 27.2 Å². The van der Waals surface area contributed by atoms with E-state index in [2.05, 4.69) is 10.3 Å². The number of aryl methyl sites for hydroxylation is 1. The first kappa shape index (κ1) is 16.4. The normalized spacial score (nSPS) is 11.2. The zero-order valence-electron chi connectivity index (χ0n) is 13.8. The van der Waals surface area contributed by atoms with Crippen LogP contribution in [-0.4, -0.2) is 15.3 Å². The standard InChI is InChI=1S/C19H14ClN3O3/c1-11-4-6-13(26-11)10-21-18(24)15-3-2-8-23-17(15)22-16-9-12(20)5-7-14(16)19(23)25/h2-9H,10H2,1H3,(H,21,24). The number of carbonyl (C=O) groups excluding carboxylic acids is 1. The maximum Gasteiger partial charge on any atom is 0.265 e. The van der Waals surface area contributed by atoms with Gasteiger partial charge in [0.05, 0.1) is 23.0 Å². The molecule has 0 aliphatic carbocycles. The molecule has 1 amide bonds. The third-order valence-electron chi connectivity index (χ3n) is 4.07. The van der Waals surface area contributed by atoms with Gasteiger partial charge in [-0.2, -0.15) is 0 Å². The zero-order chi connectivity index (χ0) is 18.3. The molecule has 0 unspecified atom stereocenters. The SMILES string of the molecule is Cc1ccc(CNC(=O)c2cccn3c(=O)c4ccc(Cl)cc4nc23)o1. The van der Waals surface area contributed by atoms with Crippen LogP contribution in [0.25, 0.3) is 16.6 Å². The molecule has 130 valence electrons. The number of benzene rings is 1. The lowest BCUT2D eigenvalue weighted by atomic mass is 10.2. The van der Waals surface area contributed by atoms with Crippen LogP contribution >= 0.6 is 11.6 Å². The van der Waals surface area contributed by atoms with Crippen molar-refractivity contribution < 1.29 is 9.21 Å². The van der Waals surface area contributed by atoms with E-state index in [1.165, 1.54) is 4.40 Å². The first-order valence-corrected chi connectivity index (χ1v) is 8.35. The fourth-order valence-electron chi connectivity index (χ4n) is 2.82. The molecule has 0 saturated heterocycles. The summed E-state index contributed by atoms with van der Waals surface area (Å²) < 4.78 is 6.81. The van der Waals surface area contributed by atoms with Crippen LogP contribution in [0.3, 0.4) is 0 Å². The van der Waals surface area contributed by atoms with Crippen molar-refractivity contribution in [3.8, 4) is 0 Å². The van der Waals surface area contributed by atoms with Crippen molar-refractivity contribution in [1.82, 2.24) is 14.7 Å². The molecule has 1 N–H and O–H groups in total. The lowest BCUT2D eigenvalue weighted by Crippen LogP contribution is -2.25. The Hall–Kier alpha value is -3.12. The average Bonchev–Trinajstić information content (AvgIpc) is 3.04. The number of halogens is 1. The molecule has 0 fully saturated rings. The summed E-state index contributed by atoms with van der Waals surface area (Å²) in [5.74, 6) is 1.08. The Kier molecular flexibility index (Phi) is 3.97. The number of amides is 1. The number of rotatable bonds is 3. The van der Waals surface area contributed by atoms with E-state index >= 15 is 0 Å². The molecule has 0 spiro atoms. The van der Waals surface area contributed by atoms with E-state index in [9.17, 15) is 9.59 Å². The van der Waals surface area contributed by atoms with Crippen LogP contribution in [0.1, 0.15) is 21.9 Å². The quantitative estimate of drug-likeness (QED) is 0.563. The van der Waals surface area contributed by atoms with E-state index in [1.807, 2.05) is 13.0 Å². The number of fused-ring (bicyclic) bond motifs is 2. The fourth-order valence-corrected chi connectivity index (χ4v) is 2.99. The van der Waals surface area contributed by atoms with E-state index < -0.39 is 0 Å². The molecular weight excluding hydrogens is 354 g/mol. The Bertz CT molecular complexity index is 1210. The maximum atomic E-state index is 12.7. The molecule has 7 heteroatoms. The van der Waals surface area contributed by atoms with Gasteiger partial charge >= 0.3 is 0 Å². The van der Waals surface area contributed by atoms with Gasteiger partial charge in [0.25, 0.3) is 11.5 Å². The summed E-state index contributed by atoms with van der Waals surface area (Å²) in [4.78, 5) is 29.8. The van der Waals surface area contributed by atoms with Crippen LogP contribution in [0.5, 0.6) is 0 Å². The van der Waals surface area contributed by atoms with Gasteiger partial charge in [-0.25, -0.2) is 4.98 Å². The zero-order valence-corrected chi connectivity index (χ0v) is 14.6. The van der Waals surface area contributed by atoms with Crippen molar-refractivity contribution >= 4 is 34.1 Å². The van der Waals surface area contributed by atoms with Gasteiger partial charge in [-0.15, -0.1) is 0 Å². The van der Waals surface area contributed by atoms with Gasteiger partial charge in [-0.3, -0.25) is 14.0 Å². The Morgan fingerprint density at radius 1 is 1.27 bits per heavy atom. The Morgan fingerprint density at radius 2 is 2.12 bits per heavy atom. The number of furan rings is 1. The predicted octanol–water partition coefficient (Wildman–Crippen LogP) is 3.33. The number of nitrogens with one attached hydrogen (secondary N) is 1. The van der Waals surface area contributed by atoms with Crippen molar-refractivity contribution in [2.24, 2.45) is 0 Å². The molecule has 0 aliphatic heterocycles.